The van der Waals surface area contributed by atoms with Gasteiger partial charge in [0.15, 0.2) is 0 Å². The second kappa shape index (κ2) is 5.40. The maximum atomic E-state index is 11.5. The van der Waals surface area contributed by atoms with Crippen LogP contribution in [-0.4, -0.2) is 22.9 Å². The number of nitrogens with zero attached hydrogens (tertiary/aromatic N) is 2. The van der Waals surface area contributed by atoms with E-state index in [1.807, 2.05) is 0 Å². The van der Waals surface area contributed by atoms with Gasteiger partial charge in [0.1, 0.15) is 11.4 Å². The fourth-order valence-corrected chi connectivity index (χ4v) is 2.99. The van der Waals surface area contributed by atoms with Crippen molar-refractivity contribution in [2.24, 2.45) is 0 Å². The van der Waals surface area contributed by atoms with E-state index < -0.39 is 5.97 Å². The first-order valence-corrected chi connectivity index (χ1v) is 6.57. The Morgan fingerprint density at radius 1 is 1.47 bits per heavy atom. The highest BCUT2D eigenvalue weighted by Crippen LogP contribution is 2.34. The lowest BCUT2D eigenvalue weighted by Gasteiger charge is -2.10. The molecule has 1 aromatic carbocycles. The maximum absolute atomic E-state index is 11.5. The number of hydrogen-bond acceptors (Lipinski definition) is 4. The van der Waals surface area contributed by atoms with Crippen molar-refractivity contribution in [2.45, 2.75) is 0 Å². The number of carbonyl (C=O) groups excluding carboxylic acids is 1. The van der Waals surface area contributed by atoms with Crippen molar-refractivity contribution < 1.29 is 9.53 Å². The Kier molecular flexibility index (Phi) is 4.03. The van der Waals surface area contributed by atoms with E-state index in [2.05, 4.69) is 25.8 Å². The van der Waals surface area contributed by atoms with E-state index in [-0.39, 0.29) is 11.4 Å². The van der Waals surface area contributed by atoms with E-state index in [0.717, 1.165) is 0 Å². The number of benzene rings is 1. The van der Waals surface area contributed by atoms with E-state index in [4.69, 9.17) is 28.9 Å². The van der Waals surface area contributed by atoms with Gasteiger partial charge in [-0.15, -0.1) is 0 Å². The highest BCUT2D eigenvalue weighted by atomic mass is 79.9. The van der Waals surface area contributed by atoms with Crippen molar-refractivity contribution in [3.63, 3.8) is 0 Å². The highest BCUT2D eigenvalue weighted by Gasteiger charge is 2.19. The first-order chi connectivity index (χ1) is 8.95. The summed E-state index contributed by atoms with van der Waals surface area (Å²) >= 11 is 15.3. The molecule has 0 bridgehead atoms. The summed E-state index contributed by atoms with van der Waals surface area (Å²) in [5, 5.41) is 4.86. The van der Waals surface area contributed by atoms with E-state index in [9.17, 15) is 4.79 Å². The van der Waals surface area contributed by atoms with E-state index in [1.54, 1.807) is 12.1 Å². The molecule has 0 unspecified atom stereocenters. The number of methoxy groups -OCH3 is 1. The fraction of sp³-hybridized carbons (Fsp3) is 0.0909. The van der Waals surface area contributed by atoms with Crippen LogP contribution in [0, 0.1) is 0 Å². The zero-order valence-corrected chi connectivity index (χ0v) is 12.8. The van der Waals surface area contributed by atoms with Crippen LogP contribution in [0.3, 0.4) is 0 Å². The average molecular weight is 365 g/mol. The molecule has 1 heterocycles. The average Bonchev–Trinajstić information content (AvgIpc) is 2.69. The van der Waals surface area contributed by atoms with Crippen molar-refractivity contribution in [3.8, 4) is 5.69 Å². The lowest BCUT2D eigenvalue weighted by Crippen LogP contribution is -2.08. The number of carbonyl (C=O) groups is 1. The van der Waals surface area contributed by atoms with Gasteiger partial charge in [-0.25, -0.2) is 9.48 Å². The molecule has 0 aliphatic carbocycles. The molecule has 0 aliphatic rings. The van der Waals surface area contributed by atoms with Crippen LogP contribution in [0.15, 0.2) is 22.8 Å². The number of aromatic nitrogens is 2. The number of halogens is 3. The molecule has 0 aliphatic heterocycles. The molecule has 2 N–H and O–H groups in total. The molecule has 0 amide bonds. The first-order valence-electron chi connectivity index (χ1n) is 5.02. The molecular formula is C11H8BrCl2N3O2. The van der Waals surface area contributed by atoms with Gasteiger partial charge in [0, 0.05) is 9.50 Å². The number of hydrogen-bond donors (Lipinski definition) is 1. The van der Waals surface area contributed by atoms with Crippen molar-refractivity contribution in [1.82, 2.24) is 9.78 Å². The molecule has 2 aromatic rings. The van der Waals surface area contributed by atoms with Gasteiger partial charge in [0.05, 0.1) is 24.0 Å². The Morgan fingerprint density at radius 3 is 2.74 bits per heavy atom. The predicted octanol–water partition coefficient (Wildman–Crippen LogP) is 3.31. The molecule has 2 rings (SSSR count). The van der Waals surface area contributed by atoms with E-state index in [1.165, 1.54) is 18.0 Å². The van der Waals surface area contributed by atoms with Gasteiger partial charge >= 0.3 is 5.97 Å². The zero-order valence-electron chi connectivity index (χ0n) is 9.65. The maximum Gasteiger partial charge on any atom is 0.343 e. The van der Waals surface area contributed by atoms with Crippen molar-refractivity contribution >= 4 is 50.9 Å². The molecule has 0 radical (unpaired) electrons. The van der Waals surface area contributed by atoms with Gasteiger partial charge in [-0.3, -0.25) is 0 Å². The Bertz CT molecular complexity index is 634. The first kappa shape index (κ1) is 14.2. The molecule has 19 heavy (non-hydrogen) atoms. The third-order valence-electron chi connectivity index (χ3n) is 2.41. The molecule has 1 aromatic heterocycles. The minimum atomic E-state index is -0.565. The van der Waals surface area contributed by atoms with Gasteiger partial charge in [0.25, 0.3) is 0 Å². The molecule has 5 nitrogen and oxygen atoms in total. The third kappa shape index (κ3) is 2.56. The quantitative estimate of drug-likeness (QED) is 0.830. The molecule has 100 valence electrons. The minimum Gasteiger partial charge on any atom is -0.465 e. The van der Waals surface area contributed by atoms with Crippen LogP contribution in [0.25, 0.3) is 5.69 Å². The standard InChI is InChI=1S/C11H8BrCl2N3O2/c1-19-11(18)6-4-16-17(10(6)15)9-7(12)2-5(13)3-8(9)14/h2-4H,15H2,1H3. The summed E-state index contributed by atoms with van der Waals surface area (Å²) in [6.45, 7) is 0. The molecule has 0 saturated heterocycles. The summed E-state index contributed by atoms with van der Waals surface area (Å²) in [4.78, 5) is 11.5. The van der Waals surface area contributed by atoms with Gasteiger partial charge in [-0.1, -0.05) is 23.2 Å². The smallest absolute Gasteiger partial charge is 0.343 e. The van der Waals surface area contributed by atoms with Gasteiger partial charge in [-0.05, 0) is 28.1 Å². The van der Waals surface area contributed by atoms with E-state index in [0.29, 0.717) is 20.2 Å². The summed E-state index contributed by atoms with van der Waals surface area (Å²) < 4.78 is 6.56. The summed E-state index contributed by atoms with van der Waals surface area (Å²) in [7, 11) is 1.27. The molecule has 0 fully saturated rings. The second-order valence-electron chi connectivity index (χ2n) is 3.56. The van der Waals surface area contributed by atoms with Gasteiger partial charge in [0.2, 0.25) is 0 Å². The zero-order chi connectivity index (χ0) is 14.2. The fourth-order valence-electron chi connectivity index (χ4n) is 1.54. The van der Waals surface area contributed by atoms with Gasteiger partial charge in [-0.2, -0.15) is 5.10 Å². The molecule has 0 saturated carbocycles. The largest absolute Gasteiger partial charge is 0.465 e. The minimum absolute atomic E-state index is 0.136. The summed E-state index contributed by atoms with van der Waals surface area (Å²) in [6, 6.07) is 3.21. The SMILES string of the molecule is COC(=O)c1cnn(-c2c(Cl)cc(Cl)cc2Br)c1N. The Morgan fingerprint density at radius 2 is 2.16 bits per heavy atom. The van der Waals surface area contributed by atoms with Crippen molar-refractivity contribution in [2.75, 3.05) is 12.8 Å². The molecule has 0 spiro atoms. The summed E-state index contributed by atoms with van der Waals surface area (Å²) in [5.41, 5.74) is 6.54. The lowest BCUT2D eigenvalue weighted by atomic mass is 10.3. The van der Waals surface area contributed by atoms with Gasteiger partial charge < -0.3 is 10.5 Å². The Balaban J connectivity index is 2.61. The van der Waals surface area contributed by atoms with Crippen LogP contribution in [-0.2, 0) is 4.74 Å². The number of rotatable bonds is 2. The third-order valence-corrected chi connectivity index (χ3v) is 3.52. The predicted molar refractivity (Wildman–Crippen MR) is 77.0 cm³/mol. The Labute approximate surface area is 127 Å². The highest BCUT2D eigenvalue weighted by molar-refractivity contribution is 9.10. The Hall–Kier alpha value is -1.24. The number of nitrogens with two attached hydrogens (primary N) is 1. The number of anilines is 1. The van der Waals surface area contributed by atoms with E-state index >= 15 is 0 Å². The van der Waals surface area contributed by atoms with Crippen LogP contribution in [0.5, 0.6) is 0 Å². The van der Waals surface area contributed by atoms with Crippen molar-refractivity contribution in [3.05, 3.63) is 38.4 Å². The number of esters is 1. The van der Waals surface area contributed by atoms with Crippen LogP contribution in [0.1, 0.15) is 10.4 Å². The number of nitrogen functional groups attached to an aromatic ring is 1. The van der Waals surface area contributed by atoms with Crippen LogP contribution >= 0.6 is 39.1 Å². The molecular weight excluding hydrogens is 357 g/mol. The summed E-state index contributed by atoms with van der Waals surface area (Å²) in [5.74, 6) is -0.429. The normalized spacial score (nSPS) is 10.5. The van der Waals surface area contributed by atoms with Crippen LogP contribution in [0.2, 0.25) is 10.0 Å². The number of ether oxygens (including phenoxy) is 1. The summed E-state index contributed by atoms with van der Waals surface area (Å²) in [6.07, 6.45) is 1.32. The molecule has 8 heteroatoms. The van der Waals surface area contributed by atoms with Crippen LogP contribution in [0.4, 0.5) is 5.82 Å². The monoisotopic (exact) mass is 363 g/mol. The van der Waals surface area contributed by atoms with Crippen LogP contribution < -0.4 is 5.73 Å². The van der Waals surface area contributed by atoms with Crippen molar-refractivity contribution in [1.29, 1.82) is 0 Å². The lowest BCUT2D eigenvalue weighted by molar-refractivity contribution is 0.0602. The molecule has 0 atom stereocenters. The topological polar surface area (TPSA) is 70.1 Å². The second-order valence-corrected chi connectivity index (χ2v) is 5.26.